The third-order valence-electron chi connectivity index (χ3n) is 3.56. The molecule has 0 spiro atoms. The van der Waals surface area contributed by atoms with Crippen LogP contribution >= 0.6 is 11.8 Å². The Labute approximate surface area is 130 Å². The van der Waals surface area contributed by atoms with Gasteiger partial charge in [-0.2, -0.15) is 11.8 Å². The second-order valence-electron chi connectivity index (χ2n) is 5.23. The highest BCUT2D eigenvalue weighted by Crippen LogP contribution is 2.20. The van der Waals surface area contributed by atoms with E-state index in [4.69, 9.17) is 5.11 Å². The number of benzene rings is 1. The smallest absolute Gasteiger partial charge is 0.254 e. The molecule has 0 aromatic heterocycles. The van der Waals surface area contributed by atoms with Crippen molar-refractivity contribution in [3.8, 4) is 11.8 Å². The quantitative estimate of drug-likeness (QED) is 0.852. The van der Waals surface area contributed by atoms with E-state index >= 15 is 0 Å². The molecule has 1 atom stereocenters. The number of hydrogen-bond donors (Lipinski definition) is 1. The molecule has 1 heterocycles. The van der Waals surface area contributed by atoms with Gasteiger partial charge in [0, 0.05) is 41.6 Å². The number of aryl methyl sites for hydroxylation is 1. The molecule has 0 saturated carbocycles. The van der Waals surface area contributed by atoms with Crippen LogP contribution in [0.3, 0.4) is 0 Å². The maximum atomic E-state index is 12.6. The second-order valence-corrected chi connectivity index (χ2v) is 6.38. The number of carbonyl (C=O) groups is 1. The van der Waals surface area contributed by atoms with Crippen LogP contribution in [0, 0.1) is 18.8 Å². The number of hydrogen-bond acceptors (Lipinski definition) is 3. The Balaban J connectivity index is 2.16. The topological polar surface area (TPSA) is 40.5 Å². The van der Waals surface area contributed by atoms with Crippen LogP contribution in [0.4, 0.5) is 0 Å². The summed E-state index contributed by atoms with van der Waals surface area (Å²) in [6.45, 7) is 4.97. The van der Waals surface area contributed by atoms with Crippen molar-refractivity contribution in [1.82, 2.24) is 4.90 Å². The highest BCUT2D eigenvalue weighted by molar-refractivity contribution is 7.99. The molecule has 1 aromatic carbocycles. The predicted molar refractivity (Wildman–Crippen MR) is 87.6 cm³/mol. The lowest BCUT2D eigenvalue weighted by Gasteiger charge is -2.33. The molecule has 1 amide bonds. The SMILES string of the molecule is Cc1cc(C(=O)N2CCSCC2C)ccc1C#CCCO. The molecule has 1 fully saturated rings. The monoisotopic (exact) mass is 303 g/mol. The zero-order chi connectivity index (χ0) is 15.2. The Hall–Kier alpha value is -1.44. The largest absolute Gasteiger partial charge is 0.395 e. The fourth-order valence-corrected chi connectivity index (χ4v) is 3.36. The molecule has 1 unspecified atom stereocenters. The summed E-state index contributed by atoms with van der Waals surface area (Å²) in [5.74, 6) is 8.08. The van der Waals surface area contributed by atoms with Crippen molar-refractivity contribution in [2.24, 2.45) is 0 Å². The van der Waals surface area contributed by atoms with E-state index < -0.39 is 0 Å². The van der Waals surface area contributed by atoms with Crippen molar-refractivity contribution in [2.75, 3.05) is 24.7 Å². The number of nitrogens with zero attached hydrogens (tertiary/aromatic N) is 1. The Morgan fingerprint density at radius 2 is 2.33 bits per heavy atom. The number of amides is 1. The maximum absolute atomic E-state index is 12.6. The molecule has 0 aliphatic carbocycles. The first-order valence-electron chi connectivity index (χ1n) is 7.22. The molecule has 1 aromatic rings. The van der Waals surface area contributed by atoms with Crippen molar-refractivity contribution < 1.29 is 9.90 Å². The van der Waals surface area contributed by atoms with E-state index in [1.165, 1.54) is 0 Å². The van der Waals surface area contributed by atoms with Crippen LogP contribution in [0.5, 0.6) is 0 Å². The fourth-order valence-electron chi connectivity index (χ4n) is 2.35. The number of carbonyl (C=O) groups excluding carboxylic acids is 1. The average Bonchev–Trinajstić information content (AvgIpc) is 2.49. The molecule has 2 rings (SSSR count). The molecule has 1 aliphatic heterocycles. The summed E-state index contributed by atoms with van der Waals surface area (Å²) < 4.78 is 0. The zero-order valence-electron chi connectivity index (χ0n) is 12.6. The van der Waals surface area contributed by atoms with E-state index in [1.54, 1.807) is 0 Å². The lowest BCUT2D eigenvalue weighted by Crippen LogP contribution is -2.44. The number of thioether (sulfide) groups is 1. The Morgan fingerprint density at radius 1 is 1.52 bits per heavy atom. The lowest BCUT2D eigenvalue weighted by molar-refractivity contribution is 0.0716. The first-order valence-corrected chi connectivity index (χ1v) is 8.38. The summed E-state index contributed by atoms with van der Waals surface area (Å²) in [4.78, 5) is 14.5. The first kappa shape index (κ1) is 15.9. The van der Waals surface area contributed by atoms with Gasteiger partial charge in [-0.15, -0.1) is 0 Å². The van der Waals surface area contributed by atoms with Gasteiger partial charge in [-0.05, 0) is 37.6 Å². The van der Waals surface area contributed by atoms with Gasteiger partial charge < -0.3 is 10.0 Å². The number of rotatable bonds is 2. The molecular weight excluding hydrogens is 282 g/mol. The minimum atomic E-state index is 0.0769. The van der Waals surface area contributed by atoms with Crippen LogP contribution in [0.2, 0.25) is 0 Å². The van der Waals surface area contributed by atoms with Gasteiger partial charge in [-0.3, -0.25) is 4.79 Å². The van der Waals surface area contributed by atoms with Crippen LogP contribution < -0.4 is 0 Å². The van der Waals surface area contributed by atoms with Crippen LogP contribution in [-0.4, -0.2) is 46.6 Å². The number of aliphatic hydroxyl groups excluding tert-OH is 1. The van der Waals surface area contributed by atoms with E-state index in [-0.39, 0.29) is 12.5 Å². The van der Waals surface area contributed by atoms with E-state index in [1.807, 2.05) is 41.8 Å². The highest BCUT2D eigenvalue weighted by Gasteiger charge is 2.24. The van der Waals surface area contributed by atoms with E-state index in [0.29, 0.717) is 12.5 Å². The van der Waals surface area contributed by atoms with Crippen molar-refractivity contribution in [3.63, 3.8) is 0 Å². The second kappa shape index (κ2) is 7.53. The standard InChI is InChI=1S/C17H21NO2S/c1-13-11-16(7-6-15(13)5-3-4-9-19)17(20)18-8-10-21-12-14(18)2/h6-7,11,14,19H,4,8-10,12H2,1-2H3. The van der Waals surface area contributed by atoms with Gasteiger partial charge in [0.05, 0.1) is 6.61 Å². The van der Waals surface area contributed by atoms with Crippen LogP contribution in [-0.2, 0) is 0 Å². The molecule has 0 radical (unpaired) electrons. The minimum absolute atomic E-state index is 0.0769. The van der Waals surface area contributed by atoms with Gasteiger partial charge >= 0.3 is 0 Å². The molecule has 1 N–H and O–H groups in total. The average molecular weight is 303 g/mol. The molecule has 1 aliphatic rings. The molecule has 21 heavy (non-hydrogen) atoms. The molecule has 1 saturated heterocycles. The van der Waals surface area contributed by atoms with Crippen LogP contribution in [0.15, 0.2) is 18.2 Å². The van der Waals surface area contributed by atoms with E-state index in [9.17, 15) is 4.79 Å². The first-order chi connectivity index (χ1) is 10.1. The summed E-state index contributed by atoms with van der Waals surface area (Å²) in [5, 5.41) is 8.75. The van der Waals surface area contributed by atoms with Crippen LogP contribution in [0.1, 0.15) is 34.8 Å². The van der Waals surface area contributed by atoms with Gasteiger partial charge in [0.25, 0.3) is 5.91 Å². The van der Waals surface area contributed by atoms with Crippen molar-refractivity contribution >= 4 is 17.7 Å². The maximum Gasteiger partial charge on any atom is 0.254 e. The van der Waals surface area contributed by atoms with Gasteiger partial charge in [-0.1, -0.05) is 11.8 Å². The van der Waals surface area contributed by atoms with Gasteiger partial charge in [0.15, 0.2) is 0 Å². The molecular formula is C17H21NO2S. The Bertz CT molecular complexity index is 574. The molecule has 3 nitrogen and oxygen atoms in total. The van der Waals surface area contributed by atoms with Crippen LogP contribution in [0.25, 0.3) is 0 Å². The van der Waals surface area contributed by atoms with Crippen molar-refractivity contribution in [2.45, 2.75) is 26.3 Å². The summed E-state index contributed by atoms with van der Waals surface area (Å²) in [6, 6.07) is 5.96. The highest BCUT2D eigenvalue weighted by atomic mass is 32.2. The summed E-state index contributed by atoms with van der Waals surface area (Å²) in [6.07, 6.45) is 0.475. The van der Waals surface area contributed by atoms with Gasteiger partial charge in [0.1, 0.15) is 0 Å². The van der Waals surface area contributed by atoms with Gasteiger partial charge in [-0.25, -0.2) is 0 Å². The fraction of sp³-hybridized carbons (Fsp3) is 0.471. The van der Waals surface area contributed by atoms with E-state index in [2.05, 4.69) is 18.8 Å². The van der Waals surface area contributed by atoms with E-state index in [0.717, 1.165) is 34.7 Å². The molecule has 112 valence electrons. The van der Waals surface area contributed by atoms with Gasteiger partial charge in [0.2, 0.25) is 0 Å². The molecule has 0 bridgehead atoms. The third kappa shape index (κ3) is 4.03. The van der Waals surface area contributed by atoms with Crippen molar-refractivity contribution in [3.05, 3.63) is 34.9 Å². The lowest BCUT2D eigenvalue weighted by atomic mass is 10.0. The summed E-state index contributed by atoms with van der Waals surface area (Å²) in [7, 11) is 0. The Morgan fingerprint density at radius 3 is 3.00 bits per heavy atom. The normalized spacial score (nSPS) is 18.0. The molecule has 4 heteroatoms. The summed E-state index contributed by atoms with van der Waals surface area (Å²) >= 11 is 1.90. The Kier molecular flexibility index (Phi) is 5.72. The summed E-state index contributed by atoms with van der Waals surface area (Å²) in [5.41, 5.74) is 2.66. The van der Waals surface area contributed by atoms with Crippen molar-refractivity contribution in [1.29, 1.82) is 0 Å². The third-order valence-corrected chi connectivity index (χ3v) is 4.75. The minimum Gasteiger partial charge on any atom is -0.395 e. The zero-order valence-corrected chi connectivity index (χ0v) is 13.4. The predicted octanol–water partition coefficient (Wildman–Crippen LogP) is 2.31. The number of aliphatic hydroxyl groups is 1.